The number of hydrogen-bond donors (Lipinski definition) is 1. The van der Waals surface area contributed by atoms with Crippen LogP contribution in [0.4, 0.5) is 0 Å². The smallest absolute Gasteiger partial charge is 0.223 e. The van der Waals surface area contributed by atoms with Crippen molar-refractivity contribution < 1.29 is 9.59 Å². The Morgan fingerprint density at radius 3 is 2.54 bits per heavy atom. The molecule has 1 fully saturated rings. The number of benzene rings is 1. The van der Waals surface area contributed by atoms with Gasteiger partial charge in [0.15, 0.2) is 0 Å². The first-order valence-electron chi connectivity index (χ1n) is 9.17. The molecule has 0 radical (unpaired) electrons. The molecule has 26 heavy (non-hydrogen) atoms. The van der Waals surface area contributed by atoms with E-state index in [-0.39, 0.29) is 17.7 Å². The molecular weight excluding hydrogens is 328 g/mol. The van der Waals surface area contributed by atoms with Crippen molar-refractivity contribution in [1.82, 2.24) is 19.8 Å². The van der Waals surface area contributed by atoms with Gasteiger partial charge in [-0.2, -0.15) is 0 Å². The second-order valence-corrected chi connectivity index (χ2v) is 6.81. The van der Waals surface area contributed by atoms with Crippen molar-refractivity contribution in [3.8, 4) is 11.4 Å². The first-order valence-corrected chi connectivity index (χ1v) is 9.17. The molecule has 6 nitrogen and oxygen atoms in total. The number of likely N-dealkylation sites (tertiary alicyclic amines) is 1. The number of nitrogens with zero attached hydrogens (tertiary/aromatic N) is 3. The molecule has 2 amide bonds. The van der Waals surface area contributed by atoms with E-state index in [0.717, 1.165) is 29.9 Å². The Kier molecular flexibility index (Phi) is 5.71. The number of piperidine rings is 1. The topological polar surface area (TPSA) is 67.2 Å². The SMILES string of the molecule is CC(=O)N1CCC(C(=O)NCCn2c(C)cnc2-c2ccccc2)CC1. The maximum atomic E-state index is 12.4. The molecule has 1 aromatic carbocycles. The largest absolute Gasteiger partial charge is 0.354 e. The van der Waals surface area contributed by atoms with E-state index in [0.29, 0.717) is 26.2 Å². The fourth-order valence-corrected chi connectivity index (χ4v) is 3.45. The van der Waals surface area contributed by atoms with Crippen LogP contribution < -0.4 is 5.32 Å². The van der Waals surface area contributed by atoms with Gasteiger partial charge < -0.3 is 14.8 Å². The number of carbonyl (C=O) groups excluding carboxylic acids is 2. The fourth-order valence-electron chi connectivity index (χ4n) is 3.45. The van der Waals surface area contributed by atoms with Crippen molar-refractivity contribution in [2.24, 2.45) is 5.92 Å². The Labute approximate surface area is 154 Å². The molecule has 1 aliphatic rings. The predicted molar refractivity (Wildman–Crippen MR) is 100 cm³/mol. The van der Waals surface area contributed by atoms with E-state index in [1.54, 1.807) is 6.92 Å². The highest BCUT2D eigenvalue weighted by atomic mass is 16.2. The van der Waals surface area contributed by atoms with E-state index >= 15 is 0 Å². The zero-order valence-corrected chi connectivity index (χ0v) is 15.4. The molecule has 2 aromatic rings. The Morgan fingerprint density at radius 2 is 1.88 bits per heavy atom. The van der Waals surface area contributed by atoms with E-state index in [1.807, 2.05) is 48.4 Å². The summed E-state index contributed by atoms with van der Waals surface area (Å²) >= 11 is 0. The van der Waals surface area contributed by atoms with Crippen LogP contribution in [0.5, 0.6) is 0 Å². The minimum absolute atomic E-state index is 0.00285. The number of nitrogens with one attached hydrogen (secondary N) is 1. The number of hydrogen-bond acceptors (Lipinski definition) is 3. The molecule has 138 valence electrons. The third-order valence-corrected chi connectivity index (χ3v) is 5.03. The normalized spacial score (nSPS) is 15.1. The molecular formula is C20H26N4O2. The van der Waals surface area contributed by atoms with Crippen LogP contribution >= 0.6 is 0 Å². The third kappa shape index (κ3) is 4.12. The number of aryl methyl sites for hydroxylation is 1. The summed E-state index contributed by atoms with van der Waals surface area (Å²) in [6.45, 7) is 6.21. The van der Waals surface area contributed by atoms with Crippen LogP contribution in [0.25, 0.3) is 11.4 Å². The van der Waals surface area contributed by atoms with Gasteiger partial charge in [-0.15, -0.1) is 0 Å². The monoisotopic (exact) mass is 354 g/mol. The minimum atomic E-state index is 0.00285. The van der Waals surface area contributed by atoms with Crippen LogP contribution in [0.15, 0.2) is 36.5 Å². The highest BCUT2D eigenvalue weighted by Gasteiger charge is 2.25. The van der Waals surface area contributed by atoms with Crippen molar-refractivity contribution >= 4 is 11.8 Å². The van der Waals surface area contributed by atoms with Gasteiger partial charge in [-0.1, -0.05) is 30.3 Å². The average Bonchev–Trinajstić information content (AvgIpc) is 3.03. The summed E-state index contributed by atoms with van der Waals surface area (Å²) in [4.78, 5) is 30.1. The highest BCUT2D eigenvalue weighted by molar-refractivity contribution is 5.79. The van der Waals surface area contributed by atoms with Crippen LogP contribution in [-0.2, 0) is 16.1 Å². The Morgan fingerprint density at radius 1 is 1.19 bits per heavy atom. The molecule has 0 atom stereocenters. The van der Waals surface area contributed by atoms with Gasteiger partial charge in [0.25, 0.3) is 0 Å². The lowest BCUT2D eigenvalue weighted by Gasteiger charge is -2.30. The molecule has 6 heteroatoms. The van der Waals surface area contributed by atoms with Gasteiger partial charge in [-0.25, -0.2) is 4.98 Å². The van der Waals surface area contributed by atoms with Gasteiger partial charge in [0.1, 0.15) is 5.82 Å². The van der Waals surface area contributed by atoms with Crippen LogP contribution in [-0.4, -0.2) is 45.9 Å². The molecule has 1 aliphatic heterocycles. The summed E-state index contributed by atoms with van der Waals surface area (Å²) in [5, 5.41) is 3.05. The lowest BCUT2D eigenvalue weighted by molar-refractivity contribution is -0.133. The summed E-state index contributed by atoms with van der Waals surface area (Å²) in [7, 11) is 0. The molecule has 1 aromatic heterocycles. The lowest BCUT2D eigenvalue weighted by Crippen LogP contribution is -2.42. The average molecular weight is 354 g/mol. The Hall–Kier alpha value is -2.63. The molecule has 3 rings (SSSR count). The van der Waals surface area contributed by atoms with E-state index in [4.69, 9.17) is 0 Å². The highest BCUT2D eigenvalue weighted by Crippen LogP contribution is 2.19. The molecule has 2 heterocycles. The zero-order chi connectivity index (χ0) is 18.5. The first-order chi connectivity index (χ1) is 12.6. The first kappa shape index (κ1) is 18.2. The van der Waals surface area contributed by atoms with Gasteiger partial charge in [-0.3, -0.25) is 9.59 Å². The summed E-state index contributed by atoms with van der Waals surface area (Å²) in [5.74, 6) is 1.11. The molecule has 0 aliphatic carbocycles. The molecule has 0 unspecified atom stereocenters. The van der Waals surface area contributed by atoms with E-state index in [9.17, 15) is 9.59 Å². The molecule has 0 spiro atoms. The van der Waals surface area contributed by atoms with E-state index in [1.165, 1.54) is 0 Å². The minimum Gasteiger partial charge on any atom is -0.354 e. The quantitative estimate of drug-likeness (QED) is 0.895. The standard InChI is InChI=1S/C20H26N4O2/c1-15-14-22-19(17-6-4-3-5-7-17)24(15)13-10-21-20(26)18-8-11-23(12-9-18)16(2)25/h3-7,14,18H,8-13H2,1-2H3,(H,21,26). The fraction of sp³-hybridized carbons (Fsp3) is 0.450. The van der Waals surface area contributed by atoms with Crippen molar-refractivity contribution in [3.63, 3.8) is 0 Å². The molecule has 0 bridgehead atoms. The van der Waals surface area contributed by atoms with Crippen LogP contribution in [0.1, 0.15) is 25.5 Å². The van der Waals surface area contributed by atoms with Crippen LogP contribution in [0, 0.1) is 12.8 Å². The maximum Gasteiger partial charge on any atom is 0.223 e. The van der Waals surface area contributed by atoms with Crippen molar-refractivity contribution in [2.75, 3.05) is 19.6 Å². The summed E-state index contributed by atoms with van der Waals surface area (Å²) < 4.78 is 2.13. The number of amides is 2. The van der Waals surface area contributed by atoms with Crippen LogP contribution in [0.2, 0.25) is 0 Å². The Bertz CT molecular complexity index is 761. The van der Waals surface area contributed by atoms with Crippen molar-refractivity contribution in [1.29, 1.82) is 0 Å². The van der Waals surface area contributed by atoms with Gasteiger partial charge in [0.2, 0.25) is 11.8 Å². The number of imidazole rings is 1. The second-order valence-electron chi connectivity index (χ2n) is 6.81. The van der Waals surface area contributed by atoms with Gasteiger partial charge >= 0.3 is 0 Å². The summed E-state index contributed by atoms with van der Waals surface area (Å²) in [6, 6.07) is 10.1. The molecule has 1 saturated heterocycles. The number of aromatic nitrogens is 2. The second kappa shape index (κ2) is 8.17. The third-order valence-electron chi connectivity index (χ3n) is 5.03. The molecule has 0 saturated carbocycles. The maximum absolute atomic E-state index is 12.4. The van der Waals surface area contributed by atoms with E-state index < -0.39 is 0 Å². The van der Waals surface area contributed by atoms with Crippen LogP contribution in [0.3, 0.4) is 0 Å². The summed E-state index contributed by atoms with van der Waals surface area (Å²) in [5.41, 5.74) is 2.15. The van der Waals surface area contributed by atoms with Crippen molar-refractivity contribution in [2.45, 2.75) is 33.2 Å². The van der Waals surface area contributed by atoms with Gasteiger partial charge in [-0.05, 0) is 19.8 Å². The lowest BCUT2D eigenvalue weighted by atomic mass is 9.96. The zero-order valence-electron chi connectivity index (χ0n) is 15.4. The predicted octanol–water partition coefficient (Wildman–Crippen LogP) is 2.23. The number of rotatable bonds is 5. The van der Waals surface area contributed by atoms with Gasteiger partial charge in [0, 0.05) is 56.5 Å². The van der Waals surface area contributed by atoms with E-state index in [2.05, 4.69) is 14.9 Å². The molecule has 1 N–H and O–H groups in total. The van der Waals surface area contributed by atoms with Crippen molar-refractivity contribution in [3.05, 3.63) is 42.2 Å². The van der Waals surface area contributed by atoms with Gasteiger partial charge in [0.05, 0.1) is 0 Å². The Balaban J connectivity index is 1.54. The summed E-state index contributed by atoms with van der Waals surface area (Å²) in [6.07, 6.45) is 3.34. The number of carbonyl (C=O) groups is 2.